The molecule has 0 heterocycles. The van der Waals surface area contributed by atoms with Gasteiger partial charge in [0, 0.05) is 15.6 Å². The summed E-state index contributed by atoms with van der Waals surface area (Å²) in [5.74, 6) is -1.01. The molecule has 0 spiro atoms. The summed E-state index contributed by atoms with van der Waals surface area (Å²) in [4.78, 5) is 23.7. The molecule has 2 aromatic rings. The lowest BCUT2D eigenvalue weighted by Crippen LogP contribution is -2.35. The molecule has 0 bridgehead atoms. The largest absolute Gasteiger partial charge is 0.343 e. The van der Waals surface area contributed by atoms with Gasteiger partial charge in [0.1, 0.15) is 0 Å². The van der Waals surface area contributed by atoms with Crippen LogP contribution in [0.3, 0.4) is 0 Å². The first-order valence-corrected chi connectivity index (χ1v) is 8.38. The number of benzene rings is 2. The van der Waals surface area contributed by atoms with Crippen molar-refractivity contribution in [2.45, 2.75) is 0 Å². The summed E-state index contributed by atoms with van der Waals surface area (Å²) in [6.07, 6.45) is 1.37. The molecule has 0 aliphatic carbocycles. The number of amides is 2. The summed E-state index contributed by atoms with van der Waals surface area (Å²) in [7, 11) is 0. The first-order chi connectivity index (χ1) is 11.9. The highest BCUT2D eigenvalue weighted by atomic mass is 35.5. The molecule has 0 atom stereocenters. The van der Waals surface area contributed by atoms with E-state index >= 15 is 0 Å². The molecule has 2 rings (SSSR count). The highest BCUT2D eigenvalue weighted by molar-refractivity contribution is 6.37. The Morgan fingerprint density at radius 3 is 2.24 bits per heavy atom. The van der Waals surface area contributed by atoms with Gasteiger partial charge in [0.05, 0.1) is 28.4 Å². The smallest absolute Gasteiger partial charge is 0.259 e. The van der Waals surface area contributed by atoms with Gasteiger partial charge in [0.15, 0.2) is 0 Å². The van der Waals surface area contributed by atoms with E-state index in [4.69, 9.17) is 46.4 Å². The zero-order valence-electron chi connectivity index (χ0n) is 12.5. The fourth-order valence-electron chi connectivity index (χ4n) is 1.75. The molecule has 130 valence electrons. The molecule has 0 radical (unpaired) electrons. The lowest BCUT2D eigenvalue weighted by atomic mass is 10.2. The molecule has 5 nitrogen and oxygen atoms in total. The van der Waals surface area contributed by atoms with Crippen molar-refractivity contribution in [3.05, 3.63) is 67.6 Å². The van der Waals surface area contributed by atoms with Crippen LogP contribution in [0, 0.1) is 0 Å². The number of halogens is 4. The lowest BCUT2D eigenvalue weighted by Gasteiger charge is -2.06. The molecule has 2 N–H and O–H groups in total. The molecular formula is C16H11Cl4N3O2. The van der Waals surface area contributed by atoms with Crippen molar-refractivity contribution < 1.29 is 9.59 Å². The van der Waals surface area contributed by atoms with Crippen LogP contribution in [0.4, 0.5) is 0 Å². The monoisotopic (exact) mass is 417 g/mol. The molecule has 25 heavy (non-hydrogen) atoms. The zero-order chi connectivity index (χ0) is 18.4. The summed E-state index contributed by atoms with van der Waals surface area (Å²) < 4.78 is 0. The Hall–Kier alpha value is -1.79. The topological polar surface area (TPSA) is 70.6 Å². The fraction of sp³-hybridized carbons (Fsp3) is 0.0625. The Morgan fingerprint density at radius 1 is 0.960 bits per heavy atom. The fourth-order valence-corrected chi connectivity index (χ4v) is 2.70. The van der Waals surface area contributed by atoms with Crippen molar-refractivity contribution in [2.24, 2.45) is 5.10 Å². The predicted octanol–water partition coefficient (Wildman–Crippen LogP) is 4.18. The van der Waals surface area contributed by atoms with Crippen LogP contribution in [0.5, 0.6) is 0 Å². The minimum absolute atomic E-state index is 0.195. The molecule has 9 heteroatoms. The molecule has 0 saturated carbocycles. The Kier molecular flexibility index (Phi) is 7.08. The van der Waals surface area contributed by atoms with E-state index in [2.05, 4.69) is 15.8 Å². The van der Waals surface area contributed by atoms with Crippen LogP contribution in [0.15, 0.2) is 41.5 Å². The predicted molar refractivity (Wildman–Crippen MR) is 101 cm³/mol. The molecule has 2 aromatic carbocycles. The molecule has 0 unspecified atom stereocenters. The molecule has 2 amide bonds. The number of nitrogens with zero attached hydrogens (tertiary/aromatic N) is 1. The molecule has 0 aromatic heterocycles. The summed E-state index contributed by atoms with van der Waals surface area (Å²) >= 11 is 23.5. The van der Waals surface area contributed by atoms with E-state index in [-0.39, 0.29) is 17.1 Å². The SMILES string of the molecule is O=C(CNC(=O)c1ccc(Cl)cc1Cl)N/N=C/c1ccc(Cl)cc1Cl. The van der Waals surface area contributed by atoms with Crippen LogP contribution in [0.1, 0.15) is 15.9 Å². The quantitative estimate of drug-likeness (QED) is 0.564. The Labute approximate surface area is 163 Å². The van der Waals surface area contributed by atoms with Crippen LogP contribution >= 0.6 is 46.4 Å². The van der Waals surface area contributed by atoms with Crippen molar-refractivity contribution in [3.63, 3.8) is 0 Å². The van der Waals surface area contributed by atoms with E-state index in [0.717, 1.165) is 0 Å². The maximum absolute atomic E-state index is 12.0. The lowest BCUT2D eigenvalue weighted by molar-refractivity contribution is -0.120. The summed E-state index contributed by atoms with van der Waals surface area (Å²) in [5, 5.41) is 7.70. The van der Waals surface area contributed by atoms with Gasteiger partial charge in [-0.2, -0.15) is 5.10 Å². The van der Waals surface area contributed by atoms with Gasteiger partial charge in [-0.25, -0.2) is 5.43 Å². The Bertz CT molecular complexity index is 840. The van der Waals surface area contributed by atoms with E-state index in [1.807, 2.05) is 0 Å². The van der Waals surface area contributed by atoms with E-state index in [1.54, 1.807) is 18.2 Å². The van der Waals surface area contributed by atoms with Crippen molar-refractivity contribution in [2.75, 3.05) is 6.54 Å². The molecule has 0 fully saturated rings. The number of hydrogen-bond donors (Lipinski definition) is 2. The van der Waals surface area contributed by atoms with Crippen LogP contribution in [0.2, 0.25) is 20.1 Å². The van der Waals surface area contributed by atoms with Gasteiger partial charge >= 0.3 is 0 Å². The van der Waals surface area contributed by atoms with Gasteiger partial charge < -0.3 is 5.32 Å². The first kappa shape index (κ1) is 19.5. The van der Waals surface area contributed by atoms with Crippen LogP contribution < -0.4 is 10.7 Å². The highest BCUT2D eigenvalue weighted by Crippen LogP contribution is 2.21. The highest BCUT2D eigenvalue weighted by Gasteiger charge is 2.11. The van der Waals surface area contributed by atoms with E-state index < -0.39 is 11.8 Å². The Balaban J connectivity index is 1.86. The minimum atomic E-state index is -0.514. The van der Waals surface area contributed by atoms with Crippen molar-refractivity contribution in [3.8, 4) is 0 Å². The number of carbonyl (C=O) groups excluding carboxylic acids is 2. The van der Waals surface area contributed by atoms with E-state index in [0.29, 0.717) is 20.6 Å². The van der Waals surface area contributed by atoms with Gasteiger partial charge in [-0.15, -0.1) is 0 Å². The first-order valence-electron chi connectivity index (χ1n) is 6.87. The molecule has 0 aliphatic rings. The van der Waals surface area contributed by atoms with Gasteiger partial charge in [-0.3, -0.25) is 9.59 Å². The van der Waals surface area contributed by atoms with Gasteiger partial charge in [-0.1, -0.05) is 52.5 Å². The second-order valence-electron chi connectivity index (χ2n) is 4.77. The zero-order valence-corrected chi connectivity index (χ0v) is 15.5. The number of carbonyl (C=O) groups is 2. The second-order valence-corrected chi connectivity index (χ2v) is 6.45. The maximum Gasteiger partial charge on any atom is 0.259 e. The third kappa shape index (κ3) is 5.90. The third-order valence-electron chi connectivity index (χ3n) is 2.94. The second kappa shape index (κ2) is 9.06. The summed E-state index contributed by atoms with van der Waals surface area (Å²) in [6, 6.07) is 9.30. The minimum Gasteiger partial charge on any atom is -0.343 e. The van der Waals surface area contributed by atoms with E-state index in [1.165, 1.54) is 24.4 Å². The van der Waals surface area contributed by atoms with Gasteiger partial charge in [0.2, 0.25) is 0 Å². The van der Waals surface area contributed by atoms with E-state index in [9.17, 15) is 9.59 Å². The number of hydrogen-bond acceptors (Lipinski definition) is 3. The summed E-state index contributed by atoms with van der Waals surface area (Å²) in [5.41, 5.74) is 3.08. The average Bonchev–Trinajstić information content (AvgIpc) is 2.54. The average molecular weight is 419 g/mol. The Morgan fingerprint density at radius 2 is 1.60 bits per heavy atom. The number of nitrogens with one attached hydrogen (secondary N) is 2. The van der Waals surface area contributed by atoms with Gasteiger partial charge in [-0.05, 0) is 30.3 Å². The van der Waals surface area contributed by atoms with Crippen molar-refractivity contribution in [1.29, 1.82) is 0 Å². The molecular weight excluding hydrogens is 408 g/mol. The molecule has 0 saturated heterocycles. The molecule has 0 aliphatic heterocycles. The van der Waals surface area contributed by atoms with Crippen LogP contribution in [-0.4, -0.2) is 24.6 Å². The third-order valence-corrected chi connectivity index (χ3v) is 4.05. The van der Waals surface area contributed by atoms with Gasteiger partial charge in [0.25, 0.3) is 11.8 Å². The number of hydrazone groups is 1. The van der Waals surface area contributed by atoms with Crippen molar-refractivity contribution in [1.82, 2.24) is 10.7 Å². The normalized spacial score (nSPS) is 10.7. The van der Waals surface area contributed by atoms with Crippen LogP contribution in [-0.2, 0) is 4.79 Å². The standard InChI is InChI=1S/C16H11Cl4N3O2/c17-10-2-1-9(13(19)5-10)7-22-23-15(24)8-21-16(25)12-4-3-11(18)6-14(12)20/h1-7H,8H2,(H,21,25)(H,23,24)/b22-7+. The van der Waals surface area contributed by atoms with Crippen LogP contribution in [0.25, 0.3) is 0 Å². The summed E-state index contributed by atoms with van der Waals surface area (Å²) in [6.45, 7) is -0.274. The maximum atomic E-state index is 12.0. The number of rotatable bonds is 5. The van der Waals surface area contributed by atoms with Crippen molar-refractivity contribution >= 4 is 64.4 Å².